The van der Waals surface area contributed by atoms with Gasteiger partial charge < -0.3 is 14.2 Å². The molecule has 1 atom stereocenters. The van der Waals surface area contributed by atoms with Gasteiger partial charge in [0.1, 0.15) is 11.5 Å². The van der Waals surface area contributed by atoms with Gasteiger partial charge in [-0.1, -0.05) is 6.07 Å². The van der Waals surface area contributed by atoms with Crippen molar-refractivity contribution in [3.05, 3.63) is 23.8 Å². The normalized spacial score (nSPS) is 17.9. The standard InChI is InChI=1S/C11H12O4/c1-13-8-4-3-7-5-10(11(12)14-2)15-9(7)6-8/h3-4,6,10H,5H2,1-2H3/t10-/m1/s1. The van der Waals surface area contributed by atoms with Gasteiger partial charge in [0.15, 0.2) is 6.10 Å². The fourth-order valence-electron chi connectivity index (χ4n) is 1.60. The summed E-state index contributed by atoms with van der Waals surface area (Å²) in [7, 11) is 2.95. The maximum absolute atomic E-state index is 11.3. The molecule has 0 saturated carbocycles. The van der Waals surface area contributed by atoms with Crippen LogP contribution in [0.25, 0.3) is 0 Å². The molecule has 1 heterocycles. The lowest BCUT2D eigenvalue weighted by Crippen LogP contribution is -2.26. The zero-order chi connectivity index (χ0) is 10.8. The second-order valence-corrected chi connectivity index (χ2v) is 3.31. The van der Waals surface area contributed by atoms with Crippen LogP contribution in [0.3, 0.4) is 0 Å². The number of benzene rings is 1. The van der Waals surface area contributed by atoms with E-state index in [1.807, 2.05) is 12.1 Å². The van der Waals surface area contributed by atoms with Crippen molar-refractivity contribution in [2.45, 2.75) is 12.5 Å². The minimum atomic E-state index is -0.517. The van der Waals surface area contributed by atoms with Gasteiger partial charge in [-0.05, 0) is 11.6 Å². The van der Waals surface area contributed by atoms with Crippen molar-refractivity contribution in [3.8, 4) is 11.5 Å². The second kappa shape index (κ2) is 3.81. The molecule has 1 aliphatic heterocycles. The Kier molecular flexibility index (Phi) is 2.49. The van der Waals surface area contributed by atoms with Crippen molar-refractivity contribution in [2.24, 2.45) is 0 Å². The lowest BCUT2D eigenvalue weighted by Gasteiger charge is -2.07. The molecule has 0 bridgehead atoms. The van der Waals surface area contributed by atoms with Gasteiger partial charge in [0, 0.05) is 12.5 Å². The van der Waals surface area contributed by atoms with Gasteiger partial charge in [-0.3, -0.25) is 0 Å². The van der Waals surface area contributed by atoms with Crippen LogP contribution < -0.4 is 9.47 Å². The van der Waals surface area contributed by atoms with Crippen molar-refractivity contribution in [1.82, 2.24) is 0 Å². The molecule has 2 rings (SSSR count). The van der Waals surface area contributed by atoms with Crippen molar-refractivity contribution >= 4 is 5.97 Å². The molecule has 0 amide bonds. The van der Waals surface area contributed by atoms with Gasteiger partial charge >= 0.3 is 5.97 Å². The highest BCUT2D eigenvalue weighted by Gasteiger charge is 2.29. The van der Waals surface area contributed by atoms with Crippen molar-refractivity contribution < 1.29 is 19.0 Å². The van der Waals surface area contributed by atoms with Gasteiger partial charge in [-0.15, -0.1) is 0 Å². The number of methoxy groups -OCH3 is 2. The van der Waals surface area contributed by atoms with E-state index in [9.17, 15) is 4.79 Å². The summed E-state index contributed by atoms with van der Waals surface area (Å²) in [5.74, 6) is 1.08. The molecule has 80 valence electrons. The monoisotopic (exact) mass is 208 g/mol. The molecule has 0 fully saturated rings. The molecular formula is C11H12O4. The lowest BCUT2D eigenvalue weighted by atomic mass is 10.1. The molecule has 1 aromatic carbocycles. The third-order valence-electron chi connectivity index (χ3n) is 2.41. The molecule has 0 radical (unpaired) electrons. The van der Waals surface area contributed by atoms with E-state index in [0.29, 0.717) is 12.2 Å². The Labute approximate surface area is 87.8 Å². The predicted molar refractivity (Wildman–Crippen MR) is 53.1 cm³/mol. The molecule has 0 aliphatic carbocycles. The fourth-order valence-corrected chi connectivity index (χ4v) is 1.60. The highest BCUT2D eigenvalue weighted by Crippen LogP contribution is 2.32. The molecule has 0 unspecified atom stereocenters. The van der Waals surface area contributed by atoms with Gasteiger partial charge in [-0.2, -0.15) is 0 Å². The third-order valence-corrected chi connectivity index (χ3v) is 2.41. The molecule has 4 heteroatoms. The number of hydrogen-bond acceptors (Lipinski definition) is 4. The van der Waals surface area contributed by atoms with Crippen molar-refractivity contribution in [1.29, 1.82) is 0 Å². The number of ether oxygens (including phenoxy) is 3. The second-order valence-electron chi connectivity index (χ2n) is 3.31. The Morgan fingerprint density at radius 1 is 1.47 bits per heavy atom. The number of hydrogen-bond donors (Lipinski definition) is 0. The number of carbonyl (C=O) groups is 1. The van der Waals surface area contributed by atoms with E-state index in [-0.39, 0.29) is 5.97 Å². The molecule has 15 heavy (non-hydrogen) atoms. The Bertz CT molecular complexity index is 386. The quantitative estimate of drug-likeness (QED) is 0.684. The van der Waals surface area contributed by atoms with E-state index in [2.05, 4.69) is 4.74 Å². The first-order valence-electron chi connectivity index (χ1n) is 4.66. The smallest absolute Gasteiger partial charge is 0.347 e. The van der Waals surface area contributed by atoms with E-state index in [4.69, 9.17) is 9.47 Å². The van der Waals surface area contributed by atoms with Crippen LogP contribution in [0.5, 0.6) is 11.5 Å². The van der Waals surface area contributed by atoms with Crippen LogP contribution >= 0.6 is 0 Å². The van der Waals surface area contributed by atoms with Crippen LogP contribution in [-0.2, 0) is 16.0 Å². The highest BCUT2D eigenvalue weighted by molar-refractivity contribution is 5.76. The molecule has 0 saturated heterocycles. The fraction of sp³-hybridized carbons (Fsp3) is 0.364. The Morgan fingerprint density at radius 2 is 2.27 bits per heavy atom. The average Bonchev–Trinajstić information content (AvgIpc) is 2.70. The number of esters is 1. The summed E-state index contributed by atoms with van der Waals surface area (Å²) in [5.41, 5.74) is 1.01. The van der Waals surface area contributed by atoms with Gasteiger partial charge in [0.2, 0.25) is 0 Å². The molecule has 4 nitrogen and oxygen atoms in total. The van der Waals surface area contributed by atoms with E-state index < -0.39 is 6.10 Å². The van der Waals surface area contributed by atoms with Gasteiger partial charge in [0.05, 0.1) is 14.2 Å². The van der Waals surface area contributed by atoms with Crippen LogP contribution in [0.4, 0.5) is 0 Å². The zero-order valence-electron chi connectivity index (χ0n) is 8.65. The Hall–Kier alpha value is -1.71. The molecular weight excluding hydrogens is 196 g/mol. The minimum Gasteiger partial charge on any atom is -0.497 e. The summed E-state index contributed by atoms with van der Waals surface area (Å²) in [6.45, 7) is 0. The maximum atomic E-state index is 11.3. The number of rotatable bonds is 2. The number of carbonyl (C=O) groups excluding carboxylic acids is 1. The molecule has 1 aromatic rings. The first-order valence-corrected chi connectivity index (χ1v) is 4.66. The van der Waals surface area contributed by atoms with Crippen LogP contribution in [0.15, 0.2) is 18.2 Å². The lowest BCUT2D eigenvalue weighted by molar-refractivity contribution is -0.147. The van der Waals surface area contributed by atoms with Crippen molar-refractivity contribution in [2.75, 3.05) is 14.2 Å². The van der Waals surface area contributed by atoms with Crippen LogP contribution in [-0.4, -0.2) is 26.3 Å². The highest BCUT2D eigenvalue weighted by atomic mass is 16.6. The zero-order valence-corrected chi connectivity index (χ0v) is 8.65. The SMILES string of the molecule is COC(=O)[C@H]1Cc2ccc(OC)cc2O1. The first-order chi connectivity index (χ1) is 7.24. The predicted octanol–water partition coefficient (Wildman–Crippen LogP) is 1.17. The molecule has 0 aromatic heterocycles. The summed E-state index contributed by atoms with van der Waals surface area (Å²) in [6.07, 6.45) is 0.0449. The average molecular weight is 208 g/mol. The van der Waals surface area contributed by atoms with Crippen molar-refractivity contribution in [3.63, 3.8) is 0 Å². The molecule has 1 aliphatic rings. The largest absolute Gasteiger partial charge is 0.497 e. The van der Waals surface area contributed by atoms with Gasteiger partial charge in [-0.25, -0.2) is 4.79 Å². The van der Waals surface area contributed by atoms with Crippen LogP contribution in [0, 0.1) is 0 Å². The molecule has 0 N–H and O–H groups in total. The van der Waals surface area contributed by atoms with Crippen LogP contribution in [0.2, 0.25) is 0 Å². The summed E-state index contributed by atoms with van der Waals surface area (Å²) < 4.78 is 15.1. The summed E-state index contributed by atoms with van der Waals surface area (Å²) >= 11 is 0. The Balaban J connectivity index is 2.20. The summed E-state index contributed by atoms with van der Waals surface area (Å²) in [5, 5.41) is 0. The van der Waals surface area contributed by atoms with E-state index in [1.165, 1.54) is 7.11 Å². The van der Waals surface area contributed by atoms with Crippen LogP contribution in [0.1, 0.15) is 5.56 Å². The third kappa shape index (κ3) is 1.75. The topological polar surface area (TPSA) is 44.8 Å². The summed E-state index contributed by atoms with van der Waals surface area (Å²) in [6, 6.07) is 5.53. The van der Waals surface area contributed by atoms with E-state index in [0.717, 1.165) is 11.3 Å². The molecule has 0 spiro atoms. The first kappa shape index (κ1) is 9.83. The van der Waals surface area contributed by atoms with E-state index >= 15 is 0 Å². The Morgan fingerprint density at radius 3 is 2.93 bits per heavy atom. The summed E-state index contributed by atoms with van der Waals surface area (Å²) in [4.78, 5) is 11.3. The number of fused-ring (bicyclic) bond motifs is 1. The minimum absolute atomic E-state index is 0.342. The van der Waals surface area contributed by atoms with E-state index in [1.54, 1.807) is 13.2 Å². The van der Waals surface area contributed by atoms with Gasteiger partial charge in [0.25, 0.3) is 0 Å². The maximum Gasteiger partial charge on any atom is 0.347 e.